The van der Waals surface area contributed by atoms with Crippen molar-refractivity contribution in [1.82, 2.24) is 5.32 Å². The first kappa shape index (κ1) is 11.1. The molecule has 0 aliphatic heterocycles. The van der Waals surface area contributed by atoms with Crippen molar-refractivity contribution in [2.24, 2.45) is 5.73 Å². The van der Waals surface area contributed by atoms with Crippen LogP contribution in [0.25, 0.3) is 6.08 Å². The number of nitrogens with one attached hydrogen (secondary N) is 1. The number of carbonyl (C=O) groups is 2. The van der Waals surface area contributed by atoms with Crippen molar-refractivity contribution < 1.29 is 9.59 Å². The normalized spacial score (nSPS) is 10.2. The Labute approximate surface area is 87.8 Å². The second-order valence-corrected chi connectivity index (χ2v) is 2.86. The van der Waals surface area contributed by atoms with Crippen molar-refractivity contribution in [2.45, 2.75) is 0 Å². The molecule has 0 unspecified atom stereocenters. The first-order valence-electron chi connectivity index (χ1n) is 4.49. The van der Waals surface area contributed by atoms with Crippen LogP contribution in [-0.2, 0) is 9.59 Å². The predicted molar refractivity (Wildman–Crippen MR) is 57.7 cm³/mol. The van der Waals surface area contributed by atoms with E-state index in [1.165, 1.54) is 6.08 Å². The van der Waals surface area contributed by atoms with Crippen LogP contribution in [0.2, 0.25) is 0 Å². The lowest BCUT2D eigenvalue weighted by atomic mass is 10.2. The van der Waals surface area contributed by atoms with Gasteiger partial charge in [-0.2, -0.15) is 0 Å². The molecule has 3 N–H and O–H groups in total. The van der Waals surface area contributed by atoms with Gasteiger partial charge in [0.15, 0.2) is 0 Å². The summed E-state index contributed by atoms with van der Waals surface area (Å²) >= 11 is 0. The van der Waals surface area contributed by atoms with Gasteiger partial charge in [-0.25, -0.2) is 0 Å². The van der Waals surface area contributed by atoms with Crippen LogP contribution in [0.3, 0.4) is 0 Å². The van der Waals surface area contributed by atoms with E-state index in [9.17, 15) is 9.59 Å². The van der Waals surface area contributed by atoms with E-state index in [1.807, 2.05) is 30.3 Å². The second kappa shape index (κ2) is 5.72. The second-order valence-electron chi connectivity index (χ2n) is 2.86. The predicted octanol–water partition coefficient (Wildman–Crippen LogP) is 0.301. The summed E-state index contributed by atoms with van der Waals surface area (Å²) in [6.45, 7) is -0.190. The van der Waals surface area contributed by atoms with Crippen LogP contribution >= 0.6 is 0 Å². The van der Waals surface area contributed by atoms with Gasteiger partial charge in [0.2, 0.25) is 5.91 Å². The summed E-state index contributed by atoms with van der Waals surface area (Å²) < 4.78 is 0. The Morgan fingerprint density at radius 1 is 1.27 bits per heavy atom. The number of benzene rings is 1. The van der Waals surface area contributed by atoms with Crippen molar-refractivity contribution in [2.75, 3.05) is 6.54 Å². The van der Waals surface area contributed by atoms with Gasteiger partial charge < -0.3 is 5.73 Å². The number of hydrogen-bond donors (Lipinski definition) is 2. The minimum Gasteiger partial charge on any atom is -0.322 e. The van der Waals surface area contributed by atoms with Crippen LogP contribution in [0.5, 0.6) is 0 Å². The smallest absolute Gasteiger partial charge is 0.250 e. The molecule has 0 fully saturated rings. The molecule has 0 atom stereocenters. The van der Waals surface area contributed by atoms with Crippen LogP contribution in [0.15, 0.2) is 36.4 Å². The fourth-order valence-corrected chi connectivity index (χ4v) is 0.966. The lowest BCUT2D eigenvalue weighted by Crippen LogP contribution is -2.34. The van der Waals surface area contributed by atoms with Gasteiger partial charge in [-0.1, -0.05) is 30.3 Å². The molecule has 2 amide bonds. The zero-order chi connectivity index (χ0) is 11.1. The van der Waals surface area contributed by atoms with Crippen molar-refractivity contribution in [3.8, 4) is 0 Å². The van der Waals surface area contributed by atoms with Crippen LogP contribution in [0.4, 0.5) is 0 Å². The Balaban J connectivity index is 2.52. The third kappa shape index (κ3) is 4.19. The fraction of sp³-hybridized carbons (Fsp3) is 0.0909. The molecule has 0 heterocycles. The van der Waals surface area contributed by atoms with Crippen molar-refractivity contribution in [3.63, 3.8) is 0 Å². The zero-order valence-corrected chi connectivity index (χ0v) is 8.14. The molecule has 1 aromatic rings. The minimum absolute atomic E-state index is 0.190. The maximum atomic E-state index is 11.1. The molecule has 1 rings (SSSR count). The Morgan fingerprint density at radius 3 is 2.53 bits per heavy atom. The van der Waals surface area contributed by atoms with Crippen LogP contribution in [0.1, 0.15) is 5.56 Å². The van der Waals surface area contributed by atoms with E-state index in [0.717, 1.165) is 5.56 Å². The third-order valence-electron chi connectivity index (χ3n) is 1.67. The van der Waals surface area contributed by atoms with Crippen molar-refractivity contribution in [1.29, 1.82) is 0 Å². The minimum atomic E-state index is -0.488. The highest BCUT2D eigenvalue weighted by atomic mass is 16.2. The highest BCUT2D eigenvalue weighted by Crippen LogP contribution is 2.00. The van der Waals surface area contributed by atoms with E-state index in [-0.39, 0.29) is 6.54 Å². The van der Waals surface area contributed by atoms with Crippen molar-refractivity contribution in [3.05, 3.63) is 42.0 Å². The van der Waals surface area contributed by atoms with E-state index in [2.05, 4.69) is 5.32 Å². The first-order chi connectivity index (χ1) is 7.22. The maximum absolute atomic E-state index is 11.1. The van der Waals surface area contributed by atoms with Crippen molar-refractivity contribution >= 4 is 17.9 Å². The highest BCUT2D eigenvalue weighted by Gasteiger charge is 2.00. The number of carbonyl (C=O) groups excluding carboxylic acids is 2. The average Bonchev–Trinajstić information content (AvgIpc) is 2.27. The molecule has 0 aliphatic carbocycles. The standard InChI is InChI=1S/C11H12N2O2/c12-8-11(15)13-10(14)7-6-9-4-2-1-3-5-9/h1-7H,8,12H2,(H,13,14,15). The van der Waals surface area contributed by atoms with E-state index >= 15 is 0 Å². The maximum Gasteiger partial charge on any atom is 0.250 e. The molecule has 0 saturated heterocycles. The van der Waals surface area contributed by atoms with Gasteiger partial charge in [0.1, 0.15) is 0 Å². The quantitative estimate of drug-likeness (QED) is 0.695. The average molecular weight is 204 g/mol. The van der Waals surface area contributed by atoms with E-state index in [4.69, 9.17) is 5.73 Å². The molecular formula is C11H12N2O2. The number of imide groups is 1. The Kier molecular flexibility index (Phi) is 4.25. The molecule has 0 bridgehead atoms. The number of nitrogens with two attached hydrogens (primary N) is 1. The van der Waals surface area contributed by atoms with Gasteiger partial charge >= 0.3 is 0 Å². The van der Waals surface area contributed by atoms with Crippen LogP contribution in [0, 0.1) is 0 Å². The highest BCUT2D eigenvalue weighted by molar-refractivity contribution is 6.03. The van der Waals surface area contributed by atoms with Gasteiger partial charge in [-0.15, -0.1) is 0 Å². The Bertz CT molecular complexity index is 371. The summed E-state index contributed by atoms with van der Waals surface area (Å²) in [5.74, 6) is -0.952. The molecule has 0 spiro atoms. The molecule has 1 aromatic carbocycles. The monoisotopic (exact) mass is 204 g/mol. The summed E-state index contributed by atoms with van der Waals surface area (Å²) in [4.78, 5) is 21.9. The Morgan fingerprint density at radius 2 is 1.93 bits per heavy atom. The van der Waals surface area contributed by atoms with E-state index in [1.54, 1.807) is 6.08 Å². The lowest BCUT2D eigenvalue weighted by molar-refractivity contribution is -0.127. The summed E-state index contributed by atoms with van der Waals surface area (Å²) in [5.41, 5.74) is 5.94. The number of rotatable bonds is 3. The lowest BCUT2D eigenvalue weighted by Gasteiger charge is -1.96. The topological polar surface area (TPSA) is 72.2 Å². The van der Waals surface area contributed by atoms with Crippen LogP contribution < -0.4 is 11.1 Å². The summed E-state index contributed by atoms with van der Waals surface area (Å²) in [6, 6.07) is 9.32. The zero-order valence-electron chi connectivity index (χ0n) is 8.14. The molecule has 4 heteroatoms. The molecule has 15 heavy (non-hydrogen) atoms. The molecule has 0 aromatic heterocycles. The van der Waals surface area contributed by atoms with E-state index < -0.39 is 11.8 Å². The molecular weight excluding hydrogens is 192 g/mol. The van der Waals surface area contributed by atoms with E-state index in [0.29, 0.717) is 0 Å². The van der Waals surface area contributed by atoms with Gasteiger partial charge in [0.05, 0.1) is 6.54 Å². The number of hydrogen-bond acceptors (Lipinski definition) is 3. The fourth-order valence-electron chi connectivity index (χ4n) is 0.966. The van der Waals surface area contributed by atoms with Crippen LogP contribution in [-0.4, -0.2) is 18.4 Å². The molecule has 0 radical (unpaired) electrons. The largest absolute Gasteiger partial charge is 0.322 e. The van der Waals surface area contributed by atoms with Gasteiger partial charge in [-0.05, 0) is 11.6 Å². The van der Waals surface area contributed by atoms with Gasteiger partial charge in [-0.3, -0.25) is 14.9 Å². The molecule has 0 aliphatic rings. The number of amides is 2. The van der Waals surface area contributed by atoms with Gasteiger partial charge in [0, 0.05) is 6.08 Å². The summed E-state index contributed by atoms with van der Waals surface area (Å²) in [7, 11) is 0. The first-order valence-corrected chi connectivity index (χ1v) is 4.49. The third-order valence-corrected chi connectivity index (χ3v) is 1.67. The Hall–Kier alpha value is -1.94. The summed E-state index contributed by atoms with van der Waals surface area (Å²) in [5, 5.41) is 2.11. The molecule has 78 valence electrons. The summed E-state index contributed by atoms with van der Waals surface area (Å²) in [6.07, 6.45) is 2.92. The molecule has 0 saturated carbocycles. The molecule has 4 nitrogen and oxygen atoms in total. The van der Waals surface area contributed by atoms with Gasteiger partial charge in [0.25, 0.3) is 5.91 Å². The SMILES string of the molecule is NCC(=O)NC(=O)C=Cc1ccccc1.